The van der Waals surface area contributed by atoms with Crippen molar-refractivity contribution in [2.45, 2.75) is 19.3 Å². The van der Waals surface area contributed by atoms with Crippen molar-refractivity contribution >= 4 is 0 Å². The molecule has 0 heterocycles. The van der Waals surface area contributed by atoms with Crippen molar-refractivity contribution in [1.82, 2.24) is 0 Å². The first-order chi connectivity index (χ1) is 7.19. The van der Waals surface area contributed by atoms with Gasteiger partial charge in [-0.2, -0.15) is 0 Å². The first-order valence-electron chi connectivity index (χ1n) is 5.22. The van der Waals surface area contributed by atoms with Gasteiger partial charge in [-0.1, -0.05) is 6.07 Å². The van der Waals surface area contributed by atoms with E-state index in [4.69, 9.17) is 10.5 Å². The molecule has 0 aliphatic heterocycles. The van der Waals surface area contributed by atoms with Gasteiger partial charge in [-0.25, -0.2) is 4.39 Å². The van der Waals surface area contributed by atoms with Crippen molar-refractivity contribution < 1.29 is 9.13 Å². The van der Waals surface area contributed by atoms with E-state index < -0.39 is 0 Å². The molecule has 0 aromatic heterocycles. The molecule has 0 spiro atoms. The zero-order valence-corrected chi connectivity index (χ0v) is 8.92. The fraction of sp³-hybridized carbons (Fsp3) is 0.500. The molecule has 3 heteroatoms. The maximum absolute atomic E-state index is 13.0. The summed E-state index contributed by atoms with van der Waals surface area (Å²) in [5.74, 6) is 0.378. The van der Waals surface area contributed by atoms with E-state index in [1.54, 1.807) is 13.2 Å². The van der Waals surface area contributed by atoms with Crippen LogP contribution in [0.3, 0.4) is 0 Å². The molecule has 0 bridgehead atoms. The van der Waals surface area contributed by atoms with Crippen molar-refractivity contribution in [1.29, 1.82) is 0 Å². The van der Waals surface area contributed by atoms with Crippen LogP contribution in [0.1, 0.15) is 18.4 Å². The molecule has 0 unspecified atom stereocenters. The molecule has 1 aromatic carbocycles. The normalized spacial score (nSPS) is 17.5. The van der Waals surface area contributed by atoms with Crippen molar-refractivity contribution in [2.75, 3.05) is 13.7 Å². The summed E-state index contributed by atoms with van der Waals surface area (Å²) in [6, 6.07) is 4.70. The molecule has 0 radical (unpaired) electrons. The molecule has 0 amide bonds. The molecule has 2 nitrogen and oxygen atoms in total. The molecule has 0 atom stereocenters. The van der Waals surface area contributed by atoms with E-state index in [0.717, 1.165) is 12.0 Å². The highest BCUT2D eigenvalue weighted by atomic mass is 19.1. The van der Waals surface area contributed by atoms with Gasteiger partial charge in [0.05, 0.1) is 7.11 Å². The molecule has 1 fully saturated rings. The SMILES string of the molecule is COc1cc(F)ccc1CC1(CN)CC1. The van der Waals surface area contributed by atoms with Crippen LogP contribution in [0.4, 0.5) is 4.39 Å². The monoisotopic (exact) mass is 209 g/mol. The summed E-state index contributed by atoms with van der Waals surface area (Å²) >= 11 is 0. The van der Waals surface area contributed by atoms with Gasteiger partial charge < -0.3 is 10.5 Å². The second-order valence-electron chi connectivity index (χ2n) is 4.34. The minimum Gasteiger partial charge on any atom is -0.496 e. The predicted octanol–water partition coefficient (Wildman–Crippen LogP) is 2.12. The van der Waals surface area contributed by atoms with Gasteiger partial charge in [0, 0.05) is 6.07 Å². The van der Waals surface area contributed by atoms with Crippen LogP contribution in [0.2, 0.25) is 0 Å². The highest BCUT2D eigenvalue weighted by Gasteiger charge is 2.41. The lowest BCUT2D eigenvalue weighted by atomic mass is 9.96. The van der Waals surface area contributed by atoms with Crippen molar-refractivity contribution in [3.05, 3.63) is 29.6 Å². The quantitative estimate of drug-likeness (QED) is 0.824. The Morgan fingerprint density at radius 1 is 1.47 bits per heavy atom. The minimum absolute atomic E-state index is 0.255. The maximum Gasteiger partial charge on any atom is 0.126 e. The Balaban J connectivity index is 2.20. The van der Waals surface area contributed by atoms with Crippen LogP contribution in [0.25, 0.3) is 0 Å². The lowest BCUT2D eigenvalue weighted by Gasteiger charge is -2.14. The van der Waals surface area contributed by atoms with Crippen LogP contribution in [0.5, 0.6) is 5.75 Å². The van der Waals surface area contributed by atoms with Crippen molar-refractivity contribution in [3.8, 4) is 5.75 Å². The molecule has 0 saturated heterocycles. The van der Waals surface area contributed by atoms with Crippen LogP contribution in [-0.2, 0) is 6.42 Å². The molecule has 1 aromatic rings. The average molecular weight is 209 g/mol. The van der Waals surface area contributed by atoms with E-state index in [-0.39, 0.29) is 11.2 Å². The molecule has 2 rings (SSSR count). The highest BCUT2D eigenvalue weighted by Crippen LogP contribution is 2.48. The van der Waals surface area contributed by atoms with Gasteiger partial charge in [-0.15, -0.1) is 0 Å². The van der Waals surface area contributed by atoms with E-state index in [0.29, 0.717) is 12.3 Å². The summed E-state index contributed by atoms with van der Waals surface area (Å²) in [4.78, 5) is 0. The molecule has 1 aliphatic carbocycles. The van der Waals surface area contributed by atoms with E-state index in [1.165, 1.54) is 25.0 Å². The van der Waals surface area contributed by atoms with E-state index in [1.807, 2.05) is 0 Å². The second-order valence-corrected chi connectivity index (χ2v) is 4.34. The number of methoxy groups -OCH3 is 1. The largest absolute Gasteiger partial charge is 0.496 e. The van der Waals surface area contributed by atoms with Gasteiger partial charge in [0.15, 0.2) is 0 Å². The predicted molar refractivity (Wildman–Crippen MR) is 57.4 cm³/mol. The van der Waals surface area contributed by atoms with Crippen molar-refractivity contribution in [2.24, 2.45) is 11.1 Å². The first kappa shape index (κ1) is 10.4. The number of hydrogen-bond donors (Lipinski definition) is 1. The molecule has 2 N–H and O–H groups in total. The molecule has 15 heavy (non-hydrogen) atoms. The fourth-order valence-electron chi connectivity index (χ4n) is 1.90. The third-order valence-corrected chi connectivity index (χ3v) is 3.20. The number of rotatable bonds is 4. The van der Waals surface area contributed by atoms with Gasteiger partial charge in [0.2, 0.25) is 0 Å². The number of nitrogens with two attached hydrogens (primary N) is 1. The lowest BCUT2D eigenvalue weighted by molar-refractivity contribution is 0.398. The van der Waals surface area contributed by atoms with Gasteiger partial charge in [-0.05, 0) is 42.9 Å². The average Bonchev–Trinajstić information content (AvgIpc) is 3.01. The van der Waals surface area contributed by atoms with Gasteiger partial charge in [0.25, 0.3) is 0 Å². The lowest BCUT2D eigenvalue weighted by Crippen LogP contribution is -2.18. The van der Waals surface area contributed by atoms with Gasteiger partial charge in [-0.3, -0.25) is 0 Å². The first-order valence-corrected chi connectivity index (χ1v) is 5.22. The molecular weight excluding hydrogens is 193 g/mol. The Hall–Kier alpha value is -1.09. The Labute approximate surface area is 89.2 Å². The summed E-state index contributed by atoms with van der Waals surface area (Å²) in [6.07, 6.45) is 3.24. The molecule has 82 valence electrons. The van der Waals surface area contributed by atoms with Gasteiger partial charge in [0.1, 0.15) is 11.6 Å². The van der Waals surface area contributed by atoms with Crippen molar-refractivity contribution in [3.63, 3.8) is 0 Å². The minimum atomic E-state index is -0.256. The van der Waals surface area contributed by atoms with Crippen LogP contribution in [-0.4, -0.2) is 13.7 Å². The van der Waals surface area contributed by atoms with Gasteiger partial charge >= 0.3 is 0 Å². The Kier molecular flexibility index (Phi) is 2.65. The Morgan fingerprint density at radius 2 is 2.20 bits per heavy atom. The second kappa shape index (κ2) is 3.81. The summed E-state index contributed by atoms with van der Waals surface area (Å²) < 4.78 is 18.1. The summed E-state index contributed by atoms with van der Waals surface area (Å²) in [5, 5.41) is 0. The van der Waals surface area contributed by atoms with Crippen LogP contribution in [0.15, 0.2) is 18.2 Å². The Morgan fingerprint density at radius 3 is 2.73 bits per heavy atom. The molecule has 1 aliphatic rings. The Bertz CT molecular complexity index is 361. The molecular formula is C12H16FNO. The summed E-state index contributed by atoms with van der Waals surface area (Å²) in [6.45, 7) is 0.702. The van der Waals surface area contributed by atoms with E-state index >= 15 is 0 Å². The number of hydrogen-bond acceptors (Lipinski definition) is 2. The van der Waals surface area contributed by atoms with E-state index in [2.05, 4.69) is 0 Å². The zero-order valence-electron chi connectivity index (χ0n) is 8.92. The van der Waals surface area contributed by atoms with Crippen LogP contribution >= 0.6 is 0 Å². The zero-order chi connectivity index (χ0) is 10.9. The number of halogens is 1. The maximum atomic E-state index is 13.0. The smallest absolute Gasteiger partial charge is 0.126 e. The summed E-state index contributed by atoms with van der Waals surface area (Å²) in [5.41, 5.74) is 7.04. The number of ether oxygens (including phenoxy) is 1. The van der Waals surface area contributed by atoms with Crippen LogP contribution < -0.4 is 10.5 Å². The standard InChI is InChI=1S/C12H16FNO/c1-15-11-6-10(13)3-2-9(11)7-12(8-14)4-5-12/h2-3,6H,4-5,7-8,14H2,1H3. The molecule has 1 saturated carbocycles. The van der Waals surface area contributed by atoms with Crippen LogP contribution in [0, 0.1) is 11.2 Å². The topological polar surface area (TPSA) is 35.2 Å². The summed E-state index contributed by atoms with van der Waals surface area (Å²) in [7, 11) is 1.57. The van der Waals surface area contributed by atoms with E-state index in [9.17, 15) is 4.39 Å². The highest BCUT2D eigenvalue weighted by molar-refractivity contribution is 5.35. The third-order valence-electron chi connectivity index (χ3n) is 3.20. The number of benzene rings is 1. The fourth-order valence-corrected chi connectivity index (χ4v) is 1.90. The third kappa shape index (κ3) is 2.12.